The van der Waals surface area contributed by atoms with E-state index in [4.69, 9.17) is 16.4 Å². The van der Waals surface area contributed by atoms with Crippen molar-refractivity contribution in [1.29, 1.82) is 0 Å². The van der Waals surface area contributed by atoms with Crippen molar-refractivity contribution >= 4 is 46.4 Å². The number of benzene rings is 1. The molecule has 4 nitrogen and oxygen atoms in total. The Labute approximate surface area is 280 Å². The van der Waals surface area contributed by atoms with Gasteiger partial charge in [-0.3, -0.25) is 0 Å². The summed E-state index contributed by atoms with van der Waals surface area (Å²) in [7, 11) is 0. The predicted octanol–water partition coefficient (Wildman–Crippen LogP) is 11.5. The molecule has 240 valence electrons. The Hall–Kier alpha value is -4.62. The van der Waals surface area contributed by atoms with E-state index in [1.807, 2.05) is 12.1 Å². The highest BCUT2D eigenvalue weighted by atomic mass is 14.8. The number of terminal acetylenes is 1. The van der Waals surface area contributed by atoms with Gasteiger partial charge in [-0.05, 0) is 105 Å². The van der Waals surface area contributed by atoms with Gasteiger partial charge in [0.05, 0.1) is 28.3 Å². The molecule has 0 saturated heterocycles. The average molecular weight is 621 g/mol. The minimum Gasteiger partial charge on any atom is -0.355 e. The van der Waals surface area contributed by atoms with Gasteiger partial charge < -0.3 is 9.97 Å². The van der Waals surface area contributed by atoms with Gasteiger partial charge in [-0.25, -0.2) is 9.97 Å². The molecule has 0 unspecified atom stereocenters. The number of hydrogen-bond acceptors (Lipinski definition) is 2. The molecular weight excluding hydrogens is 573 g/mol. The summed E-state index contributed by atoms with van der Waals surface area (Å²) in [5.74, 6) is 2.77. The van der Waals surface area contributed by atoms with Crippen LogP contribution in [0.15, 0.2) is 48.5 Å². The molecule has 3 aromatic heterocycles. The average Bonchev–Trinajstić information content (AvgIpc) is 3.92. The molecule has 0 atom stereocenters. The molecule has 4 aromatic rings. The van der Waals surface area contributed by atoms with Crippen LogP contribution in [0.1, 0.15) is 124 Å². The number of H-pyrrole nitrogens is 2. The smallest absolute Gasteiger partial charge is 0.0691 e. The standard InChI is InChI=1S/C43H48N4/c1-5-9-12-15-34-38-23-22-32(44-38)28-33-29-37(31-20-18-30(8-4)19-21-31)43(45-33)36(17-14-11-7-3)42-27-26-41(47-42)35(16-13-10-6-2)40-25-24-39(34)46-40/h4,18-29,44-45H,5-7,9-17H2,1-3H3. The van der Waals surface area contributed by atoms with Crippen LogP contribution in [0.5, 0.6) is 0 Å². The molecule has 8 bridgehead atoms. The fourth-order valence-electron chi connectivity index (χ4n) is 6.83. The SMILES string of the molecule is C#Cc1ccc(-c2cc3cc4ccc([nH]4)c(CCCCC)c4nc(c(CCCCC)c5nc(c(CCCCC)c2[nH]3)C=C5)C=C4)cc1. The van der Waals surface area contributed by atoms with Gasteiger partial charge in [-0.2, -0.15) is 0 Å². The molecule has 0 spiro atoms. The highest BCUT2D eigenvalue weighted by Gasteiger charge is 2.17. The number of nitrogens with zero attached hydrogens (tertiary/aromatic N) is 2. The topological polar surface area (TPSA) is 57.4 Å². The van der Waals surface area contributed by atoms with E-state index < -0.39 is 0 Å². The molecular formula is C43H48N4. The Bertz CT molecular complexity index is 1970. The molecule has 1 aromatic carbocycles. The van der Waals surface area contributed by atoms with Crippen LogP contribution in [-0.4, -0.2) is 19.9 Å². The first-order valence-electron chi connectivity index (χ1n) is 17.8. The first kappa shape index (κ1) is 32.3. The van der Waals surface area contributed by atoms with Crippen molar-refractivity contribution in [2.24, 2.45) is 0 Å². The molecule has 2 aliphatic rings. The zero-order valence-electron chi connectivity index (χ0n) is 28.4. The van der Waals surface area contributed by atoms with Gasteiger partial charge in [-0.15, -0.1) is 6.42 Å². The highest BCUT2D eigenvalue weighted by Crippen LogP contribution is 2.33. The number of aromatic nitrogens is 4. The Kier molecular flexibility index (Phi) is 10.5. The van der Waals surface area contributed by atoms with Crippen molar-refractivity contribution in [2.75, 3.05) is 0 Å². The van der Waals surface area contributed by atoms with Crippen LogP contribution in [-0.2, 0) is 19.3 Å². The normalized spacial score (nSPS) is 12.1. The number of unbranched alkanes of at least 4 members (excludes halogenated alkanes) is 6. The highest BCUT2D eigenvalue weighted by molar-refractivity contribution is 5.91. The maximum atomic E-state index is 5.72. The van der Waals surface area contributed by atoms with Gasteiger partial charge in [0.2, 0.25) is 0 Å². The van der Waals surface area contributed by atoms with Crippen molar-refractivity contribution in [3.05, 3.63) is 93.6 Å². The van der Waals surface area contributed by atoms with Gasteiger partial charge in [0, 0.05) is 44.4 Å². The summed E-state index contributed by atoms with van der Waals surface area (Å²) in [6, 6.07) is 17.3. The van der Waals surface area contributed by atoms with Gasteiger partial charge in [0.15, 0.2) is 0 Å². The summed E-state index contributed by atoms with van der Waals surface area (Å²) in [4.78, 5) is 18.3. The van der Waals surface area contributed by atoms with Crippen LogP contribution in [0.3, 0.4) is 0 Å². The van der Waals surface area contributed by atoms with Crippen LogP contribution < -0.4 is 0 Å². The molecule has 6 rings (SSSR count). The van der Waals surface area contributed by atoms with Crippen LogP contribution in [0.25, 0.3) is 57.5 Å². The molecule has 0 fully saturated rings. The second-order valence-electron chi connectivity index (χ2n) is 12.9. The van der Waals surface area contributed by atoms with E-state index in [1.165, 1.54) is 60.8 Å². The molecule has 0 radical (unpaired) electrons. The Morgan fingerprint density at radius 2 is 1.13 bits per heavy atom. The molecule has 2 N–H and O–H groups in total. The van der Waals surface area contributed by atoms with Crippen LogP contribution in [0, 0.1) is 12.3 Å². The quantitative estimate of drug-likeness (QED) is 0.0997. The Balaban J connectivity index is 1.68. The summed E-state index contributed by atoms with van der Waals surface area (Å²) in [5.41, 5.74) is 15.6. The van der Waals surface area contributed by atoms with Crippen molar-refractivity contribution < 1.29 is 0 Å². The number of rotatable bonds is 13. The van der Waals surface area contributed by atoms with Crippen LogP contribution in [0.4, 0.5) is 0 Å². The Morgan fingerprint density at radius 1 is 0.574 bits per heavy atom. The molecule has 0 saturated carbocycles. The number of fused-ring (bicyclic) bond motifs is 8. The lowest BCUT2D eigenvalue weighted by Gasteiger charge is -2.07. The third-order valence-corrected chi connectivity index (χ3v) is 9.46. The minimum absolute atomic E-state index is 0.887. The molecule has 2 aliphatic heterocycles. The first-order valence-corrected chi connectivity index (χ1v) is 17.8. The van der Waals surface area contributed by atoms with Crippen molar-refractivity contribution in [1.82, 2.24) is 19.9 Å². The van der Waals surface area contributed by atoms with Crippen molar-refractivity contribution in [3.8, 4) is 23.5 Å². The second-order valence-corrected chi connectivity index (χ2v) is 12.9. The minimum atomic E-state index is 0.887. The Morgan fingerprint density at radius 3 is 1.72 bits per heavy atom. The van der Waals surface area contributed by atoms with Crippen molar-refractivity contribution in [3.63, 3.8) is 0 Å². The first-order chi connectivity index (χ1) is 23.1. The molecule has 0 aliphatic carbocycles. The van der Waals surface area contributed by atoms with E-state index >= 15 is 0 Å². The monoisotopic (exact) mass is 620 g/mol. The number of hydrogen-bond donors (Lipinski definition) is 2. The van der Waals surface area contributed by atoms with Gasteiger partial charge in [0.25, 0.3) is 0 Å². The zero-order chi connectivity index (χ0) is 32.6. The number of aromatic amines is 2. The summed E-state index contributed by atoms with van der Waals surface area (Å²) in [5, 5.41) is 0. The largest absolute Gasteiger partial charge is 0.355 e. The summed E-state index contributed by atoms with van der Waals surface area (Å²) in [6.07, 6.45) is 28.0. The number of aryl methyl sites for hydroxylation is 2. The molecule has 0 amide bonds. The second kappa shape index (κ2) is 15.3. The third-order valence-electron chi connectivity index (χ3n) is 9.46. The fourth-order valence-corrected chi connectivity index (χ4v) is 6.83. The van der Waals surface area contributed by atoms with E-state index in [0.29, 0.717) is 0 Å². The fraction of sp³-hybridized carbons (Fsp3) is 0.349. The lowest BCUT2D eigenvalue weighted by Crippen LogP contribution is -1.97. The summed E-state index contributed by atoms with van der Waals surface area (Å²) >= 11 is 0. The van der Waals surface area contributed by atoms with Crippen LogP contribution >= 0.6 is 0 Å². The summed E-state index contributed by atoms with van der Waals surface area (Å²) < 4.78 is 0. The molecule has 4 heteroatoms. The predicted molar refractivity (Wildman–Crippen MR) is 202 cm³/mol. The number of nitrogens with one attached hydrogen (secondary N) is 2. The molecule has 47 heavy (non-hydrogen) atoms. The third kappa shape index (κ3) is 7.36. The zero-order valence-corrected chi connectivity index (χ0v) is 28.4. The van der Waals surface area contributed by atoms with E-state index in [-0.39, 0.29) is 0 Å². The van der Waals surface area contributed by atoms with E-state index in [2.05, 4.69) is 97.4 Å². The van der Waals surface area contributed by atoms with E-state index in [1.54, 1.807) is 0 Å². The lowest BCUT2D eigenvalue weighted by molar-refractivity contribution is 0.712. The van der Waals surface area contributed by atoms with E-state index in [0.717, 1.165) is 94.5 Å². The van der Waals surface area contributed by atoms with Gasteiger partial charge in [0.1, 0.15) is 0 Å². The van der Waals surface area contributed by atoms with Crippen molar-refractivity contribution in [2.45, 2.75) is 97.8 Å². The summed E-state index contributed by atoms with van der Waals surface area (Å²) in [6.45, 7) is 6.79. The van der Waals surface area contributed by atoms with Crippen LogP contribution in [0.2, 0.25) is 0 Å². The maximum Gasteiger partial charge on any atom is 0.0691 e. The lowest BCUT2D eigenvalue weighted by atomic mass is 9.99. The molecule has 5 heterocycles. The van der Waals surface area contributed by atoms with Gasteiger partial charge in [-0.1, -0.05) is 77.3 Å². The maximum absolute atomic E-state index is 5.72. The van der Waals surface area contributed by atoms with Gasteiger partial charge >= 0.3 is 0 Å². The van der Waals surface area contributed by atoms with E-state index in [9.17, 15) is 0 Å².